The summed E-state index contributed by atoms with van der Waals surface area (Å²) in [5.41, 5.74) is 2.45. The van der Waals surface area contributed by atoms with Crippen molar-refractivity contribution < 1.29 is 14.3 Å². The molecule has 0 atom stereocenters. The number of hydrogen-bond acceptors (Lipinski definition) is 4. The molecule has 0 aliphatic carbocycles. The highest BCUT2D eigenvalue weighted by atomic mass is 35.5. The van der Waals surface area contributed by atoms with Crippen LogP contribution in [0.25, 0.3) is 0 Å². The van der Waals surface area contributed by atoms with Gasteiger partial charge in [0.05, 0.1) is 22.2 Å². The smallest absolute Gasteiger partial charge is 0.310 e. The predicted octanol–water partition coefficient (Wildman–Crippen LogP) is 5.71. The molecule has 0 aromatic heterocycles. The van der Waals surface area contributed by atoms with E-state index in [0.29, 0.717) is 32.5 Å². The van der Waals surface area contributed by atoms with Crippen LogP contribution >= 0.6 is 23.2 Å². The lowest BCUT2D eigenvalue weighted by Crippen LogP contribution is -2.16. The maximum atomic E-state index is 12.2. The van der Waals surface area contributed by atoms with Gasteiger partial charge >= 0.3 is 5.97 Å². The molecule has 28 heavy (non-hydrogen) atoms. The Labute approximate surface area is 173 Å². The first kappa shape index (κ1) is 19.9. The maximum absolute atomic E-state index is 12.2. The van der Waals surface area contributed by atoms with Crippen molar-refractivity contribution in [3.05, 3.63) is 94.0 Å². The van der Waals surface area contributed by atoms with Crippen LogP contribution in [0, 0.1) is 0 Å². The Balaban J connectivity index is 1.66. The number of carbonyl (C=O) groups excluding carboxylic acids is 2. The third-order valence-corrected chi connectivity index (χ3v) is 4.66. The van der Waals surface area contributed by atoms with Crippen molar-refractivity contribution in [3.8, 4) is 0 Å². The molecule has 0 fully saturated rings. The number of hydrogen-bond donors (Lipinski definition) is 1. The van der Waals surface area contributed by atoms with Crippen molar-refractivity contribution in [2.45, 2.75) is 6.42 Å². The molecular formula is C22H17Cl2NO3. The summed E-state index contributed by atoms with van der Waals surface area (Å²) in [6.07, 6.45) is 0.00726. The molecule has 0 saturated heterocycles. The van der Waals surface area contributed by atoms with Crippen LogP contribution < -0.4 is 5.32 Å². The van der Waals surface area contributed by atoms with Gasteiger partial charge in [0.15, 0.2) is 12.4 Å². The number of ketones is 1. The van der Waals surface area contributed by atoms with Crippen LogP contribution in [0.1, 0.15) is 15.9 Å². The number of Topliss-reactive ketones (excluding diaryl/α,β-unsaturated/α-hetero) is 1. The number of rotatable bonds is 7. The van der Waals surface area contributed by atoms with Crippen molar-refractivity contribution in [1.29, 1.82) is 0 Å². The molecular weight excluding hydrogens is 397 g/mol. The predicted molar refractivity (Wildman–Crippen MR) is 112 cm³/mol. The topological polar surface area (TPSA) is 55.4 Å². The number of para-hydroxylation sites is 2. The minimum absolute atomic E-state index is 0.00726. The van der Waals surface area contributed by atoms with Crippen LogP contribution in [0.15, 0.2) is 72.8 Å². The summed E-state index contributed by atoms with van der Waals surface area (Å²) >= 11 is 12.4. The second-order valence-corrected chi connectivity index (χ2v) is 6.82. The molecule has 0 bridgehead atoms. The molecule has 0 heterocycles. The van der Waals surface area contributed by atoms with Gasteiger partial charge in [-0.3, -0.25) is 9.59 Å². The number of halogens is 2. The zero-order valence-electron chi connectivity index (χ0n) is 14.8. The van der Waals surface area contributed by atoms with Gasteiger partial charge in [-0.15, -0.1) is 0 Å². The van der Waals surface area contributed by atoms with E-state index in [-0.39, 0.29) is 18.8 Å². The van der Waals surface area contributed by atoms with Gasteiger partial charge in [-0.05, 0) is 23.8 Å². The van der Waals surface area contributed by atoms with Crippen molar-refractivity contribution in [1.82, 2.24) is 0 Å². The average Bonchev–Trinajstić information content (AvgIpc) is 2.71. The Morgan fingerprint density at radius 1 is 0.821 bits per heavy atom. The minimum Gasteiger partial charge on any atom is -0.457 e. The fourth-order valence-corrected chi connectivity index (χ4v) is 3.10. The number of carbonyl (C=O) groups is 2. The second-order valence-electron chi connectivity index (χ2n) is 6.01. The molecule has 0 aliphatic rings. The molecule has 1 N–H and O–H groups in total. The fourth-order valence-electron chi connectivity index (χ4n) is 2.61. The highest BCUT2D eigenvalue weighted by Crippen LogP contribution is 2.33. The quantitative estimate of drug-likeness (QED) is 0.398. The van der Waals surface area contributed by atoms with Crippen LogP contribution in [0.2, 0.25) is 10.0 Å². The Hall–Kier alpha value is -2.82. The van der Waals surface area contributed by atoms with Crippen molar-refractivity contribution in [3.63, 3.8) is 0 Å². The highest BCUT2D eigenvalue weighted by molar-refractivity contribution is 6.39. The first-order valence-electron chi connectivity index (χ1n) is 8.57. The molecule has 0 amide bonds. The van der Waals surface area contributed by atoms with E-state index in [2.05, 4.69) is 5.32 Å². The van der Waals surface area contributed by atoms with Gasteiger partial charge in [0.1, 0.15) is 0 Å². The van der Waals surface area contributed by atoms with E-state index in [4.69, 9.17) is 27.9 Å². The molecule has 3 rings (SSSR count). The monoisotopic (exact) mass is 413 g/mol. The summed E-state index contributed by atoms with van der Waals surface area (Å²) in [5.74, 6) is -0.744. The molecule has 0 saturated carbocycles. The first-order chi connectivity index (χ1) is 13.5. The third kappa shape index (κ3) is 5.12. The van der Waals surface area contributed by atoms with Crippen LogP contribution in [-0.2, 0) is 16.0 Å². The number of benzene rings is 3. The van der Waals surface area contributed by atoms with Gasteiger partial charge in [-0.1, -0.05) is 77.8 Å². The van der Waals surface area contributed by atoms with Gasteiger partial charge in [-0.2, -0.15) is 0 Å². The summed E-state index contributed by atoms with van der Waals surface area (Å²) in [6.45, 7) is -0.297. The summed E-state index contributed by atoms with van der Waals surface area (Å²) < 4.78 is 5.15. The fraction of sp³-hybridized carbons (Fsp3) is 0.0909. The number of ether oxygens (including phenoxy) is 1. The van der Waals surface area contributed by atoms with Crippen molar-refractivity contribution >= 4 is 46.3 Å². The van der Waals surface area contributed by atoms with E-state index >= 15 is 0 Å². The summed E-state index contributed by atoms with van der Waals surface area (Å²) in [7, 11) is 0. The molecule has 3 aromatic carbocycles. The molecule has 0 unspecified atom stereocenters. The lowest BCUT2D eigenvalue weighted by Gasteiger charge is -2.14. The molecule has 0 radical (unpaired) electrons. The summed E-state index contributed by atoms with van der Waals surface area (Å²) in [4.78, 5) is 24.3. The zero-order valence-corrected chi connectivity index (χ0v) is 16.3. The number of nitrogens with one attached hydrogen (secondary N) is 1. The average molecular weight is 414 g/mol. The summed E-state index contributed by atoms with van der Waals surface area (Å²) in [6, 6.07) is 21.2. The highest BCUT2D eigenvalue weighted by Gasteiger charge is 2.14. The normalized spacial score (nSPS) is 10.4. The standard InChI is InChI=1S/C22H17Cl2NO3/c23-17-10-6-11-18(24)22(17)25-19-12-5-4-9-16(19)13-21(27)28-14-20(26)15-7-2-1-3-8-15/h1-12,25H,13-14H2. The number of anilines is 2. The maximum Gasteiger partial charge on any atom is 0.310 e. The molecule has 0 aliphatic heterocycles. The minimum atomic E-state index is -0.496. The van der Waals surface area contributed by atoms with Crippen LogP contribution in [0.5, 0.6) is 0 Å². The van der Waals surface area contributed by atoms with Gasteiger partial charge in [0, 0.05) is 11.3 Å². The largest absolute Gasteiger partial charge is 0.457 e. The van der Waals surface area contributed by atoms with Gasteiger partial charge in [0.2, 0.25) is 0 Å². The van der Waals surface area contributed by atoms with Gasteiger partial charge in [0.25, 0.3) is 0 Å². The van der Waals surface area contributed by atoms with Crippen LogP contribution in [0.3, 0.4) is 0 Å². The van der Waals surface area contributed by atoms with E-state index in [0.717, 1.165) is 0 Å². The Morgan fingerprint density at radius 3 is 2.18 bits per heavy atom. The number of esters is 1. The zero-order chi connectivity index (χ0) is 19.9. The van der Waals surface area contributed by atoms with Gasteiger partial charge < -0.3 is 10.1 Å². The first-order valence-corrected chi connectivity index (χ1v) is 9.33. The van der Waals surface area contributed by atoms with Crippen molar-refractivity contribution in [2.24, 2.45) is 0 Å². The van der Waals surface area contributed by atoms with Crippen LogP contribution in [-0.4, -0.2) is 18.4 Å². The molecule has 6 heteroatoms. The van der Waals surface area contributed by atoms with E-state index in [1.54, 1.807) is 48.5 Å². The SMILES string of the molecule is O=C(Cc1ccccc1Nc1c(Cl)cccc1Cl)OCC(=O)c1ccccc1. The van der Waals surface area contributed by atoms with Gasteiger partial charge in [-0.25, -0.2) is 0 Å². The molecule has 142 valence electrons. The van der Waals surface area contributed by atoms with E-state index in [9.17, 15) is 9.59 Å². The van der Waals surface area contributed by atoms with E-state index in [1.165, 1.54) is 0 Å². The van der Waals surface area contributed by atoms with Crippen molar-refractivity contribution in [2.75, 3.05) is 11.9 Å². The molecule has 0 spiro atoms. The Bertz CT molecular complexity index is 970. The lowest BCUT2D eigenvalue weighted by molar-refractivity contribution is -0.141. The lowest BCUT2D eigenvalue weighted by atomic mass is 10.1. The van der Waals surface area contributed by atoms with E-state index < -0.39 is 5.97 Å². The second kappa shape index (κ2) is 9.40. The third-order valence-electron chi connectivity index (χ3n) is 4.03. The van der Waals surface area contributed by atoms with E-state index in [1.807, 2.05) is 24.3 Å². The Kier molecular flexibility index (Phi) is 6.69. The summed E-state index contributed by atoms with van der Waals surface area (Å²) in [5, 5.41) is 4.11. The van der Waals surface area contributed by atoms with Crippen LogP contribution in [0.4, 0.5) is 11.4 Å². The molecule has 4 nitrogen and oxygen atoms in total. The Morgan fingerprint density at radius 2 is 1.46 bits per heavy atom. The molecule has 3 aromatic rings.